The number of amidine groups is 1. The van der Waals surface area contributed by atoms with Gasteiger partial charge in [0.15, 0.2) is 5.17 Å². The van der Waals surface area contributed by atoms with Gasteiger partial charge in [-0.2, -0.15) is 10.5 Å². The van der Waals surface area contributed by atoms with Crippen LogP contribution < -0.4 is 5.01 Å². The van der Waals surface area contributed by atoms with Crippen molar-refractivity contribution in [3.63, 3.8) is 0 Å². The highest BCUT2D eigenvalue weighted by molar-refractivity contribution is 8.14. The van der Waals surface area contributed by atoms with Gasteiger partial charge in [-0.3, -0.25) is 10.2 Å². The largest absolute Gasteiger partial charge is 0.298 e. The maximum Gasteiger partial charge on any atom is 0.183 e. The normalized spacial score (nSPS) is 10.9. The van der Waals surface area contributed by atoms with E-state index in [0.717, 1.165) is 11.8 Å². The first-order valence-corrected chi connectivity index (χ1v) is 6.82. The second kappa shape index (κ2) is 6.47. The molecule has 0 spiro atoms. The lowest BCUT2D eigenvalue weighted by Crippen LogP contribution is -2.26. The number of Topliss-reactive ketones (excluding diaryl/α,β-unsaturated/α-hetero) is 1. The molecule has 0 saturated carbocycles. The molecule has 0 aromatic heterocycles. The van der Waals surface area contributed by atoms with Gasteiger partial charge < -0.3 is 0 Å². The van der Waals surface area contributed by atoms with Crippen molar-refractivity contribution in [1.29, 1.82) is 10.9 Å². The van der Waals surface area contributed by atoms with Crippen LogP contribution >= 0.6 is 11.8 Å². The molecule has 2 N–H and O–H groups in total. The Morgan fingerprint density at radius 2 is 1.89 bits per heavy atom. The number of carbonyl (C=O) groups is 1. The molecule has 0 heterocycles. The number of ketones is 1. The molecule has 0 atom stereocenters. The molecule has 1 aromatic rings. The van der Waals surface area contributed by atoms with Gasteiger partial charge in [0.05, 0.1) is 11.4 Å². The molecule has 0 fully saturated rings. The number of thioether (sulfide) groups is 1. The fourth-order valence-electron chi connectivity index (χ4n) is 1.20. The van der Waals surface area contributed by atoms with E-state index >= 15 is 0 Å². The summed E-state index contributed by atoms with van der Waals surface area (Å²) < 4.78 is 0. The zero-order valence-corrected chi connectivity index (χ0v) is 12.1. The maximum absolute atomic E-state index is 11.8. The van der Waals surface area contributed by atoms with Crippen LogP contribution in [0.25, 0.3) is 0 Å². The van der Waals surface area contributed by atoms with Gasteiger partial charge in [0.1, 0.15) is 5.78 Å². The molecule has 0 aliphatic heterocycles. The van der Waals surface area contributed by atoms with E-state index in [1.165, 1.54) is 5.01 Å². The monoisotopic (exact) mass is 278 g/mol. The molecule has 0 aliphatic rings. The van der Waals surface area contributed by atoms with Crippen LogP contribution in [0.1, 0.15) is 20.8 Å². The topological polar surface area (TPSA) is 80.4 Å². The summed E-state index contributed by atoms with van der Waals surface area (Å²) in [5, 5.41) is 12.5. The number of hydrogen-bond donors (Lipinski definition) is 2. The van der Waals surface area contributed by atoms with Gasteiger partial charge in [0.25, 0.3) is 0 Å². The molecule has 1 rings (SSSR count). The molecule has 0 saturated heterocycles. The first-order valence-electron chi connectivity index (χ1n) is 5.83. The zero-order valence-electron chi connectivity index (χ0n) is 11.3. The summed E-state index contributed by atoms with van der Waals surface area (Å²) in [6.07, 6.45) is 0. The van der Waals surface area contributed by atoms with Gasteiger partial charge in [-0.05, 0) is 12.1 Å². The average Bonchev–Trinajstić information content (AvgIpc) is 2.37. The zero-order chi connectivity index (χ0) is 14.5. The van der Waals surface area contributed by atoms with Gasteiger partial charge in [-0.25, -0.2) is 0 Å². The van der Waals surface area contributed by atoms with Crippen LogP contribution in [0.3, 0.4) is 0 Å². The van der Waals surface area contributed by atoms with Crippen LogP contribution in [0.5, 0.6) is 0 Å². The third kappa shape index (κ3) is 4.48. The quantitative estimate of drug-likeness (QED) is 0.381. The number of anilines is 1. The number of carbonyl (C=O) groups excluding carboxylic acids is 1. The van der Waals surface area contributed by atoms with E-state index in [9.17, 15) is 4.79 Å². The van der Waals surface area contributed by atoms with Crippen LogP contribution in [-0.4, -0.2) is 16.7 Å². The molecular formula is C13H18N4OS. The van der Waals surface area contributed by atoms with E-state index in [1.807, 2.05) is 39.0 Å². The third-order valence-corrected chi connectivity index (χ3v) is 3.32. The second-order valence-corrected chi connectivity index (χ2v) is 5.98. The molecule has 102 valence electrons. The van der Waals surface area contributed by atoms with Crippen molar-refractivity contribution in [1.82, 2.24) is 0 Å². The number of benzene rings is 1. The molecule has 0 aliphatic carbocycles. The van der Waals surface area contributed by atoms with Gasteiger partial charge in [-0.1, -0.05) is 56.0 Å². The molecule has 0 radical (unpaired) electrons. The Kier molecular flexibility index (Phi) is 5.23. The summed E-state index contributed by atoms with van der Waals surface area (Å²) >= 11 is 1.08. The Bertz CT molecular complexity index is 467. The smallest absolute Gasteiger partial charge is 0.183 e. The lowest BCUT2D eigenvalue weighted by molar-refractivity contribution is -0.123. The van der Waals surface area contributed by atoms with Crippen molar-refractivity contribution in [3.8, 4) is 0 Å². The molecule has 1 aromatic carbocycles. The molecule has 6 heteroatoms. The van der Waals surface area contributed by atoms with Crippen molar-refractivity contribution in [3.05, 3.63) is 30.3 Å². The van der Waals surface area contributed by atoms with E-state index in [-0.39, 0.29) is 16.7 Å². The molecule has 5 nitrogen and oxygen atoms in total. The Morgan fingerprint density at radius 1 is 1.32 bits per heavy atom. The summed E-state index contributed by atoms with van der Waals surface area (Å²) in [5.41, 5.74) is 7.37. The number of nitrogens with zero attached hydrogens (tertiary/aromatic N) is 2. The predicted octanol–water partition coefficient (Wildman–Crippen LogP) is 3.72. The first-order chi connectivity index (χ1) is 8.86. The minimum absolute atomic E-state index is 0.0683. The van der Waals surface area contributed by atoms with E-state index in [2.05, 4.69) is 5.22 Å². The van der Waals surface area contributed by atoms with Crippen LogP contribution in [-0.2, 0) is 4.79 Å². The third-order valence-electron chi connectivity index (χ3n) is 2.47. The predicted molar refractivity (Wildman–Crippen MR) is 78.7 cm³/mol. The summed E-state index contributed by atoms with van der Waals surface area (Å²) in [7, 11) is 0. The van der Waals surface area contributed by atoms with Gasteiger partial charge in [0, 0.05) is 5.41 Å². The Balaban J connectivity index is 2.67. The molecule has 0 bridgehead atoms. The first kappa shape index (κ1) is 15.4. The highest BCUT2D eigenvalue weighted by atomic mass is 32.2. The van der Waals surface area contributed by atoms with Crippen LogP contribution in [0.2, 0.25) is 0 Å². The minimum atomic E-state index is -0.414. The number of rotatable bonds is 4. The fraction of sp³-hybridized carbons (Fsp3) is 0.385. The van der Waals surface area contributed by atoms with Crippen molar-refractivity contribution < 1.29 is 4.79 Å². The Morgan fingerprint density at radius 3 is 2.37 bits per heavy atom. The van der Waals surface area contributed by atoms with E-state index in [0.29, 0.717) is 5.69 Å². The summed E-state index contributed by atoms with van der Waals surface area (Å²) in [4.78, 5) is 11.8. The molecule has 19 heavy (non-hydrogen) atoms. The van der Waals surface area contributed by atoms with Crippen molar-refractivity contribution >= 4 is 28.4 Å². The lowest BCUT2D eigenvalue weighted by atomic mass is 9.92. The molecular weight excluding hydrogens is 260 g/mol. The fourth-order valence-corrected chi connectivity index (χ4v) is 2.17. The highest BCUT2D eigenvalue weighted by Gasteiger charge is 2.22. The van der Waals surface area contributed by atoms with Gasteiger partial charge in [-0.15, -0.1) is 0 Å². The SMILES string of the molecule is CC(C)(C)C(=O)CSC(=N)N(N=N)c1ccccc1. The number of hydrogen-bond acceptors (Lipinski definition) is 5. The van der Waals surface area contributed by atoms with Crippen molar-refractivity contribution in [2.24, 2.45) is 10.6 Å². The summed E-state index contributed by atoms with van der Waals surface area (Å²) in [5.74, 6) is 0.279. The Labute approximate surface area is 117 Å². The minimum Gasteiger partial charge on any atom is -0.298 e. The second-order valence-electron chi connectivity index (χ2n) is 5.01. The molecule has 0 unspecified atom stereocenters. The highest BCUT2D eigenvalue weighted by Crippen LogP contribution is 2.22. The summed E-state index contributed by atoms with van der Waals surface area (Å²) in [6.45, 7) is 5.55. The molecule has 0 amide bonds. The Hall–Kier alpha value is -1.69. The van der Waals surface area contributed by atoms with Gasteiger partial charge >= 0.3 is 0 Å². The average molecular weight is 278 g/mol. The van der Waals surface area contributed by atoms with E-state index in [4.69, 9.17) is 10.9 Å². The van der Waals surface area contributed by atoms with Crippen LogP contribution in [0, 0.1) is 16.4 Å². The summed E-state index contributed by atoms with van der Waals surface area (Å²) in [6, 6.07) is 9.00. The number of nitrogens with one attached hydrogen (secondary N) is 2. The van der Waals surface area contributed by atoms with Crippen LogP contribution in [0.4, 0.5) is 5.69 Å². The lowest BCUT2D eigenvalue weighted by Gasteiger charge is -2.19. The standard InChI is InChI=1S/C13H18N4OS/c1-13(2,3)11(18)9-19-12(14)17(16-15)10-7-5-4-6-8-10/h4-8,14-15H,9H2,1-3H3. The van der Waals surface area contributed by atoms with E-state index in [1.54, 1.807) is 12.1 Å². The van der Waals surface area contributed by atoms with E-state index < -0.39 is 5.41 Å². The van der Waals surface area contributed by atoms with Crippen molar-refractivity contribution in [2.45, 2.75) is 20.8 Å². The van der Waals surface area contributed by atoms with Crippen LogP contribution in [0.15, 0.2) is 35.6 Å². The van der Waals surface area contributed by atoms with Gasteiger partial charge in [0.2, 0.25) is 0 Å². The number of para-hydroxylation sites is 1. The van der Waals surface area contributed by atoms with Crippen molar-refractivity contribution in [2.75, 3.05) is 10.8 Å². The maximum atomic E-state index is 11.8.